The summed E-state index contributed by atoms with van der Waals surface area (Å²) >= 11 is 0. The second-order valence-electron chi connectivity index (χ2n) is 5.40. The Bertz CT molecular complexity index is 807. The molecule has 0 aliphatic carbocycles. The summed E-state index contributed by atoms with van der Waals surface area (Å²) in [6, 6.07) is 6.65. The Morgan fingerprint density at radius 2 is 2.00 bits per heavy atom. The van der Waals surface area contributed by atoms with Crippen LogP contribution in [0.4, 0.5) is 10.1 Å². The van der Waals surface area contributed by atoms with Crippen LogP contribution in [0, 0.1) is 5.82 Å². The van der Waals surface area contributed by atoms with Crippen molar-refractivity contribution in [1.29, 1.82) is 0 Å². The zero-order chi connectivity index (χ0) is 14.9. The first kappa shape index (κ1) is 13.2. The second kappa shape index (κ2) is 5.38. The number of aromatic amines is 1. The highest BCUT2D eigenvalue weighted by molar-refractivity contribution is 5.98. The van der Waals surface area contributed by atoms with Gasteiger partial charge in [-0.05, 0) is 17.7 Å². The number of nitrogens with one attached hydrogen (secondary N) is 2. The minimum atomic E-state index is -0.240. The van der Waals surface area contributed by atoms with Gasteiger partial charge in [0.05, 0.1) is 17.3 Å². The molecule has 3 aromatic rings. The number of aromatic nitrogens is 3. The third-order valence-corrected chi connectivity index (χ3v) is 4.02. The zero-order valence-corrected chi connectivity index (χ0v) is 12.0. The number of rotatable bonds is 2. The fourth-order valence-electron chi connectivity index (χ4n) is 2.98. The van der Waals surface area contributed by atoms with Crippen molar-refractivity contribution in [3.8, 4) is 11.1 Å². The van der Waals surface area contributed by atoms with Gasteiger partial charge in [-0.25, -0.2) is 9.37 Å². The summed E-state index contributed by atoms with van der Waals surface area (Å²) in [5, 5.41) is 11.3. The summed E-state index contributed by atoms with van der Waals surface area (Å²) in [7, 11) is 0. The van der Waals surface area contributed by atoms with Crippen LogP contribution < -0.4 is 10.2 Å². The van der Waals surface area contributed by atoms with Gasteiger partial charge in [0.2, 0.25) is 0 Å². The Balaban J connectivity index is 1.93. The van der Waals surface area contributed by atoms with Gasteiger partial charge in [-0.2, -0.15) is 5.10 Å². The summed E-state index contributed by atoms with van der Waals surface area (Å²) < 4.78 is 13.6. The van der Waals surface area contributed by atoms with Gasteiger partial charge in [-0.3, -0.25) is 5.10 Å². The first-order chi connectivity index (χ1) is 10.8. The number of halogens is 1. The molecule has 0 amide bonds. The molecule has 1 aliphatic rings. The lowest BCUT2D eigenvalue weighted by atomic mass is 10.0. The van der Waals surface area contributed by atoms with Gasteiger partial charge in [-0.1, -0.05) is 12.1 Å². The van der Waals surface area contributed by atoms with Crippen LogP contribution in [0.1, 0.15) is 0 Å². The average molecular weight is 297 g/mol. The smallest absolute Gasteiger partial charge is 0.157 e. The van der Waals surface area contributed by atoms with Crippen molar-refractivity contribution in [1.82, 2.24) is 20.5 Å². The van der Waals surface area contributed by atoms with E-state index in [4.69, 9.17) is 0 Å². The van der Waals surface area contributed by atoms with Crippen LogP contribution in [-0.4, -0.2) is 41.4 Å². The summed E-state index contributed by atoms with van der Waals surface area (Å²) in [5.41, 5.74) is 3.61. The van der Waals surface area contributed by atoms with E-state index in [2.05, 4.69) is 25.4 Å². The van der Waals surface area contributed by atoms with Gasteiger partial charge >= 0.3 is 0 Å². The number of H-pyrrole nitrogens is 1. The number of nitrogens with zero attached hydrogens (tertiary/aromatic N) is 3. The maximum Gasteiger partial charge on any atom is 0.157 e. The lowest BCUT2D eigenvalue weighted by molar-refractivity contribution is 0.590. The molecule has 1 saturated heterocycles. The molecule has 1 aromatic carbocycles. The highest BCUT2D eigenvalue weighted by Gasteiger charge is 2.20. The van der Waals surface area contributed by atoms with Crippen molar-refractivity contribution in [2.75, 3.05) is 31.1 Å². The first-order valence-corrected chi connectivity index (χ1v) is 7.36. The summed E-state index contributed by atoms with van der Waals surface area (Å²) in [5.74, 6) is -0.240. The largest absolute Gasteiger partial charge is 0.368 e. The van der Waals surface area contributed by atoms with Crippen molar-refractivity contribution in [2.45, 2.75) is 0 Å². The first-order valence-electron chi connectivity index (χ1n) is 7.36. The highest BCUT2D eigenvalue weighted by Crippen LogP contribution is 2.36. The second-order valence-corrected chi connectivity index (χ2v) is 5.40. The van der Waals surface area contributed by atoms with Gasteiger partial charge in [0.25, 0.3) is 0 Å². The number of hydrogen-bond donors (Lipinski definition) is 2. The van der Waals surface area contributed by atoms with Crippen molar-refractivity contribution in [3.63, 3.8) is 0 Å². The van der Waals surface area contributed by atoms with E-state index in [1.807, 2.05) is 6.07 Å². The number of benzene rings is 1. The van der Waals surface area contributed by atoms with E-state index in [1.54, 1.807) is 24.5 Å². The molecule has 2 N–H and O–H groups in total. The minimum absolute atomic E-state index is 0.240. The molecule has 0 bridgehead atoms. The molecular formula is C16H16FN5. The Morgan fingerprint density at radius 3 is 2.82 bits per heavy atom. The summed E-state index contributed by atoms with van der Waals surface area (Å²) in [6.07, 6.45) is 3.59. The average Bonchev–Trinajstić information content (AvgIpc) is 3.03. The van der Waals surface area contributed by atoms with Crippen LogP contribution in [0.25, 0.3) is 22.2 Å². The van der Waals surface area contributed by atoms with Crippen LogP contribution >= 0.6 is 0 Å². The molecule has 2 aromatic heterocycles. The van der Waals surface area contributed by atoms with Crippen molar-refractivity contribution in [3.05, 3.63) is 42.5 Å². The summed E-state index contributed by atoms with van der Waals surface area (Å²) in [6.45, 7) is 3.69. The number of anilines is 1. The Hall–Kier alpha value is -2.47. The fraction of sp³-hybridized carbons (Fsp3) is 0.250. The molecule has 0 radical (unpaired) electrons. The quantitative estimate of drug-likeness (QED) is 0.761. The minimum Gasteiger partial charge on any atom is -0.368 e. The van der Waals surface area contributed by atoms with Crippen LogP contribution in [0.2, 0.25) is 0 Å². The van der Waals surface area contributed by atoms with E-state index in [0.717, 1.165) is 54.0 Å². The van der Waals surface area contributed by atoms with E-state index < -0.39 is 0 Å². The zero-order valence-electron chi connectivity index (χ0n) is 12.0. The SMILES string of the molecule is Fc1cccc(-c2cnc3[nH]ncc3c2N2CCNCC2)c1. The van der Waals surface area contributed by atoms with Gasteiger partial charge in [0.15, 0.2) is 5.65 Å². The predicted molar refractivity (Wildman–Crippen MR) is 84.4 cm³/mol. The highest BCUT2D eigenvalue weighted by atomic mass is 19.1. The number of piperazine rings is 1. The van der Waals surface area contributed by atoms with Gasteiger partial charge in [0.1, 0.15) is 5.82 Å². The van der Waals surface area contributed by atoms with E-state index in [1.165, 1.54) is 6.07 Å². The van der Waals surface area contributed by atoms with E-state index in [0.29, 0.717) is 0 Å². The topological polar surface area (TPSA) is 56.8 Å². The van der Waals surface area contributed by atoms with Crippen LogP contribution in [0.5, 0.6) is 0 Å². The molecule has 1 aliphatic heterocycles. The van der Waals surface area contributed by atoms with Crippen molar-refractivity contribution >= 4 is 16.7 Å². The lowest BCUT2D eigenvalue weighted by Gasteiger charge is -2.31. The molecule has 0 spiro atoms. The molecule has 22 heavy (non-hydrogen) atoms. The molecule has 1 fully saturated rings. The van der Waals surface area contributed by atoms with Crippen molar-refractivity contribution in [2.24, 2.45) is 0 Å². The fourth-order valence-corrected chi connectivity index (χ4v) is 2.98. The van der Waals surface area contributed by atoms with E-state index in [-0.39, 0.29) is 5.82 Å². The van der Waals surface area contributed by atoms with Crippen molar-refractivity contribution < 1.29 is 4.39 Å². The normalized spacial score (nSPS) is 15.4. The molecule has 6 heteroatoms. The Morgan fingerprint density at radius 1 is 1.14 bits per heavy atom. The van der Waals surface area contributed by atoms with Crippen LogP contribution in [0.3, 0.4) is 0 Å². The molecule has 3 heterocycles. The Kier molecular flexibility index (Phi) is 3.23. The molecule has 0 saturated carbocycles. The number of pyridine rings is 1. The van der Waals surface area contributed by atoms with Crippen LogP contribution in [-0.2, 0) is 0 Å². The van der Waals surface area contributed by atoms with Crippen LogP contribution in [0.15, 0.2) is 36.7 Å². The number of fused-ring (bicyclic) bond motifs is 1. The van der Waals surface area contributed by atoms with Gasteiger partial charge in [-0.15, -0.1) is 0 Å². The third-order valence-electron chi connectivity index (χ3n) is 4.02. The van der Waals surface area contributed by atoms with E-state index >= 15 is 0 Å². The van der Waals surface area contributed by atoms with E-state index in [9.17, 15) is 4.39 Å². The standard InChI is InChI=1S/C16H16FN5/c17-12-3-1-2-11(8-12)13-9-19-16-14(10-20-21-16)15(13)22-6-4-18-5-7-22/h1-3,8-10,18H,4-7H2,(H,19,20,21). The lowest BCUT2D eigenvalue weighted by Crippen LogP contribution is -2.43. The molecular weight excluding hydrogens is 281 g/mol. The predicted octanol–water partition coefficient (Wildman–Crippen LogP) is 2.17. The molecule has 0 atom stereocenters. The Labute approximate surface area is 127 Å². The molecule has 5 nitrogen and oxygen atoms in total. The monoisotopic (exact) mass is 297 g/mol. The maximum absolute atomic E-state index is 13.6. The molecule has 112 valence electrons. The van der Waals surface area contributed by atoms with Gasteiger partial charge in [0, 0.05) is 37.9 Å². The maximum atomic E-state index is 13.6. The van der Waals surface area contributed by atoms with Gasteiger partial charge < -0.3 is 10.2 Å². The molecule has 0 unspecified atom stereocenters. The third kappa shape index (κ3) is 2.21. The molecule has 4 rings (SSSR count). The number of hydrogen-bond acceptors (Lipinski definition) is 4. The summed E-state index contributed by atoms with van der Waals surface area (Å²) in [4.78, 5) is 6.74.